The van der Waals surface area contributed by atoms with Gasteiger partial charge in [0, 0.05) is 25.0 Å². The van der Waals surface area contributed by atoms with Crippen LogP contribution in [0.1, 0.15) is 20.3 Å². The first-order valence-corrected chi connectivity index (χ1v) is 5.88. The quantitative estimate of drug-likeness (QED) is 0.652. The second-order valence-corrected chi connectivity index (χ2v) is 5.93. The number of nitrogens with zero attached hydrogens (tertiary/aromatic N) is 1. The SMILES string of the molecule is CC(C)[C@H]1CC(N(C)C)=CC(=S)S1. The van der Waals surface area contributed by atoms with E-state index in [0.717, 1.165) is 10.6 Å². The Morgan fingerprint density at radius 2 is 2.15 bits per heavy atom. The molecular weight excluding hydrogens is 198 g/mol. The van der Waals surface area contributed by atoms with Gasteiger partial charge in [-0.15, -0.1) is 11.8 Å². The predicted octanol–water partition coefficient (Wildman–Crippen LogP) is 2.92. The van der Waals surface area contributed by atoms with Gasteiger partial charge in [0.25, 0.3) is 0 Å². The van der Waals surface area contributed by atoms with Crippen LogP contribution in [0.5, 0.6) is 0 Å². The van der Waals surface area contributed by atoms with Crippen molar-refractivity contribution in [2.24, 2.45) is 5.92 Å². The maximum atomic E-state index is 5.26. The molecular formula is C10H17NS2. The van der Waals surface area contributed by atoms with E-state index in [4.69, 9.17) is 12.2 Å². The number of thiocarbonyl (C=S) groups is 1. The average Bonchev–Trinajstić information content (AvgIpc) is 2.03. The smallest absolute Gasteiger partial charge is 0.0725 e. The molecule has 0 saturated heterocycles. The standard InChI is InChI=1S/C10H17NS2/c1-7(2)9-5-8(11(3)4)6-10(12)13-9/h6-7,9H,5H2,1-4H3/t9-/m1/s1. The minimum Gasteiger partial charge on any atom is -0.381 e. The van der Waals surface area contributed by atoms with E-state index in [1.165, 1.54) is 5.70 Å². The fourth-order valence-corrected chi connectivity index (χ4v) is 2.84. The van der Waals surface area contributed by atoms with E-state index in [1.54, 1.807) is 0 Å². The Labute approximate surface area is 90.6 Å². The van der Waals surface area contributed by atoms with Crippen LogP contribution in [0.2, 0.25) is 0 Å². The number of hydrogen-bond donors (Lipinski definition) is 0. The second-order valence-electron chi connectivity index (χ2n) is 3.95. The predicted molar refractivity (Wildman–Crippen MR) is 65.2 cm³/mol. The van der Waals surface area contributed by atoms with E-state index in [-0.39, 0.29) is 0 Å². The molecule has 1 aliphatic heterocycles. The lowest BCUT2D eigenvalue weighted by Crippen LogP contribution is -2.24. The Morgan fingerprint density at radius 3 is 2.62 bits per heavy atom. The van der Waals surface area contributed by atoms with E-state index in [1.807, 2.05) is 11.8 Å². The van der Waals surface area contributed by atoms with E-state index in [9.17, 15) is 0 Å². The van der Waals surface area contributed by atoms with Gasteiger partial charge < -0.3 is 4.90 Å². The third-order valence-electron chi connectivity index (χ3n) is 2.28. The molecule has 0 amide bonds. The highest BCUT2D eigenvalue weighted by atomic mass is 32.2. The molecule has 1 atom stereocenters. The summed E-state index contributed by atoms with van der Waals surface area (Å²) in [5.41, 5.74) is 1.36. The second kappa shape index (κ2) is 4.47. The van der Waals surface area contributed by atoms with E-state index in [2.05, 4.69) is 38.9 Å². The molecule has 1 nitrogen and oxygen atoms in total. The van der Waals surface area contributed by atoms with E-state index in [0.29, 0.717) is 11.2 Å². The summed E-state index contributed by atoms with van der Waals surface area (Å²) in [7, 11) is 4.17. The summed E-state index contributed by atoms with van der Waals surface area (Å²) in [4.78, 5) is 2.17. The van der Waals surface area contributed by atoms with Crippen LogP contribution in [0.4, 0.5) is 0 Å². The summed E-state index contributed by atoms with van der Waals surface area (Å²) in [5.74, 6) is 0.701. The number of hydrogen-bond acceptors (Lipinski definition) is 3. The highest BCUT2D eigenvalue weighted by Gasteiger charge is 2.22. The maximum absolute atomic E-state index is 5.26. The maximum Gasteiger partial charge on any atom is 0.0725 e. The van der Waals surface area contributed by atoms with Gasteiger partial charge in [-0.05, 0) is 18.4 Å². The van der Waals surface area contributed by atoms with Gasteiger partial charge in [0.05, 0.1) is 4.20 Å². The molecule has 1 rings (SSSR count). The van der Waals surface area contributed by atoms with Gasteiger partial charge in [-0.1, -0.05) is 26.1 Å². The van der Waals surface area contributed by atoms with E-state index >= 15 is 0 Å². The molecule has 0 aromatic rings. The highest BCUT2D eigenvalue weighted by Crippen LogP contribution is 2.32. The van der Waals surface area contributed by atoms with Crippen molar-refractivity contribution in [1.82, 2.24) is 4.90 Å². The monoisotopic (exact) mass is 215 g/mol. The summed E-state index contributed by atoms with van der Waals surface area (Å²) in [6.07, 6.45) is 3.27. The molecule has 0 aromatic heterocycles. The Morgan fingerprint density at radius 1 is 1.54 bits per heavy atom. The first kappa shape index (κ1) is 11.1. The molecule has 1 heterocycles. The van der Waals surface area contributed by atoms with Crippen molar-refractivity contribution in [2.45, 2.75) is 25.5 Å². The minimum absolute atomic E-state index is 0.662. The summed E-state index contributed by atoms with van der Waals surface area (Å²) < 4.78 is 1.04. The lowest BCUT2D eigenvalue weighted by molar-refractivity contribution is 0.463. The zero-order valence-electron chi connectivity index (χ0n) is 8.70. The fraction of sp³-hybridized carbons (Fsp3) is 0.700. The van der Waals surface area contributed by atoms with Crippen LogP contribution in [0, 0.1) is 5.92 Å². The number of thioether (sulfide) groups is 1. The van der Waals surface area contributed by atoms with E-state index < -0.39 is 0 Å². The van der Waals surface area contributed by atoms with Gasteiger partial charge in [-0.3, -0.25) is 0 Å². The molecule has 0 bridgehead atoms. The van der Waals surface area contributed by atoms with Gasteiger partial charge in [0.15, 0.2) is 0 Å². The van der Waals surface area contributed by atoms with Gasteiger partial charge >= 0.3 is 0 Å². The first-order chi connectivity index (χ1) is 6.00. The average molecular weight is 215 g/mol. The van der Waals surface area contributed by atoms with Crippen molar-refractivity contribution >= 4 is 28.2 Å². The lowest BCUT2D eigenvalue weighted by Gasteiger charge is -2.29. The molecule has 0 aliphatic carbocycles. The zero-order valence-corrected chi connectivity index (χ0v) is 10.3. The molecule has 13 heavy (non-hydrogen) atoms. The largest absolute Gasteiger partial charge is 0.381 e. The van der Waals surface area contributed by atoms with Crippen LogP contribution in [0.25, 0.3) is 0 Å². The van der Waals surface area contributed by atoms with Crippen LogP contribution in [-0.4, -0.2) is 28.4 Å². The molecule has 0 saturated carbocycles. The van der Waals surface area contributed by atoms with Gasteiger partial charge in [-0.25, -0.2) is 0 Å². The highest BCUT2D eigenvalue weighted by molar-refractivity contribution is 8.24. The third kappa shape index (κ3) is 2.99. The normalized spacial score (nSPS) is 23.3. The van der Waals surface area contributed by atoms with Crippen LogP contribution in [0.15, 0.2) is 11.8 Å². The van der Waals surface area contributed by atoms with Crippen molar-refractivity contribution in [2.75, 3.05) is 14.1 Å². The Hall–Kier alpha value is -0.0200. The Kier molecular flexibility index (Phi) is 3.80. The molecule has 0 aromatic carbocycles. The fourth-order valence-electron chi connectivity index (χ4n) is 1.31. The first-order valence-electron chi connectivity index (χ1n) is 4.59. The molecule has 0 fully saturated rings. The van der Waals surface area contributed by atoms with Crippen molar-refractivity contribution < 1.29 is 0 Å². The molecule has 3 heteroatoms. The van der Waals surface area contributed by atoms with Gasteiger partial charge in [-0.2, -0.15) is 0 Å². The molecule has 0 spiro atoms. The molecule has 0 unspecified atom stereocenters. The molecule has 0 N–H and O–H groups in total. The van der Waals surface area contributed by atoms with Crippen molar-refractivity contribution in [3.63, 3.8) is 0 Å². The van der Waals surface area contributed by atoms with Crippen LogP contribution >= 0.6 is 24.0 Å². The van der Waals surface area contributed by atoms with Crippen molar-refractivity contribution in [1.29, 1.82) is 0 Å². The topological polar surface area (TPSA) is 3.24 Å². The summed E-state index contributed by atoms with van der Waals surface area (Å²) in [6.45, 7) is 4.53. The Bertz CT molecular complexity index is 231. The minimum atomic E-state index is 0.662. The summed E-state index contributed by atoms with van der Waals surface area (Å²) in [5, 5.41) is 0.662. The lowest BCUT2D eigenvalue weighted by atomic mass is 10.0. The summed E-state index contributed by atoms with van der Waals surface area (Å²) in [6, 6.07) is 0. The number of rotatable bonds is 2. The van der Waals surface area contributed by atoms with Crippen LogP contribution in [0.3, 0.4) is 0 Å². The molecule has 0 radical (unpaired) electrons. The van der Waals surface area contributed by atoms with Gasteiger partial charge in [0.2, 0.25) is 0 Å². The zero-order chi connectivity index (χ0) is 10.0. The van der Waals surface area contributed by atoms with Crippen molar-refractivity contribution in [3.8, 4) is 0 Å². The van der Waals surface area contributed by atoms with Gasteiger partial charge in [0.1, 0.15) is 0 Å². The molecule has 74 valence electrons. The van der Waals surface area contributed by atoms with Crippen LogP contribution < -0.4 is 0 Å². The third-order valence-corrected chi connectivity index (χ3v) is 4.05. The van der Waals surface area contributed by atoms with Crippen LogP contribution in [-0.2, 0) is 0 Å². The number of allylic oxidation sites excluding steroid dienone is 1. The molecule has 1 aliphatic rings. The summed E-state index contributed by atoms with van der Waals surface area (Å²) >= 11 is 7.10. The Balaban J connectivity index is 2.73. The van der Waals surface area contributed by atoms with Crippen molar-refractivity contribution in [3.05, 3.63) is 11.8 Å².